The maximum atomic E-state index is 11.7. The molecule has 1 aromatic heterocycles. The number of rotatable bonds is 3. The summed E-state index contributed by atoms with van der Waals surface area (Å²) in [5.74, 6) is 0.237. The predicted octanol–water partition coefficient (Wildman–Crippen LogP) is 2.03. The molecule has 94 valence electrons. The maximum Gasteiger partial charge on any atom is 0.223 e. The molecule has 2 heterocycles. The number of imidazole rings is 1. The fraction of sp³-hybridized carbons (Fsp3) is 0.385. The van der Waals surface area contributed by atoms with Gasteiger partial charge in [-0.25, -0.2) is 4.98 Å². The minimum atomic E-state index is 0.237. The average molecular weight is 308 g/mol. The highest BCUT2D eigenvalue weighted by Gasteiger charge is 2.27. The zero-order chi connectivity index (χ0) is 12.5. The molecule has 0 N–H and O–H groups in total. The molecular weight excluding hydrogens is 294 g/mol. The van der Waals surface area contributed by atoms with E-state index in [0.717, 1.165) is 30.7 Å². The number of carbonyl (C=O) groups excluding carboxylic acids is 1. The van der Waals surface area contributed by atoms with Crippen molar-refractivity contribution < 1.29 is 4.79 Å². The highest BCUT2D eigenvalue weighted by atomic mass is 79.9. The highest BCUT2D eigenvalue weighted by Crippen LogP contribution is 2.18. The number of aromatic nitrogens is 2. The molecule has 1 aliphatic rings. The number of para-hydroxylation sites is 2. The second-order valence-corrected chi connectivity index (χ2v) is 5.86. The minimum Gasteiger partial charge on any atom is -0.340 e. The van der Waals surface area contributed by atoms with E-state index in [1.165, 1.54) is 0 Å². The molecule has 1 saturated heterocycles. The lowest BCUT2D eigenvalue weighted by atomic mass is 10.3. The molecule has 0 spiro atoms. The van der Waals surface area contributed by atoms with Crippen LogP contribution in [-0.4, -0.2) is 38.3 Å². The van der Waals surface area contributed by atoms with E-state index in [2.05, 4.69) is 31.5 Å². The summed E-state index contributed by atoms with van der Waals surface area (Å²) in [6.45, 7) is 2.36. The summed E-state index contributed by atoms with van der Waals surface area (Å²) in [4.78, 5) is 18.2. The number of alkyl halides is 1. The molecular formula is C13H14BrN3O. The van der Waals surface area contributed by atoms with Crippen molar-refractivity contribution in [1.82, 2.24) is 14.5 Å². The van der Waals surface area contributed by atoms with Gasteiger partial charge in [0.05, 0.1) is 17.4 Å². The predicted molar refractivity (Wildman–Crippen MR) is 73.6 cm³/mol. The number of halogens is 1. The molecule has 1 amide bonds. The van der Waals surface area contributed by atoms with Gasteiger partial charge in [0.15, 0.2) is 0 Å². The molecule has 5 heteroatoms. The number of hydrogen-bond acceptors (Lipinski definition) is 2. The second kappa shape index (κ2) is 4.72. The largest absolute Gasteiger partial charge is 0.340 e. The number of carbonyl (C=O) groups is 1. The van der Waals surface area contributed by atoms with Gasteiger partial charge in [-0.15, -0.1) is 0 Å². The summed E-state index contributed by atoms with van der Waals surface area (Å²) in [7, 11) is 0. The Morgan fingerprint density at radius 2 is 2.17 bits per heavy atom. The van der Waals surface area contributed by atoms with Gasteiger partial charge in [-0.3, -0.25) is 4.79 Å². The van der Waals surface area contributed by atoms with E-state index in [1.54, 1.807) is 0 Å². The van der Waals surface area contributed by atoms with Crippen LogP contribution in [0.5, 0.6) is 0 Å². The van der Waals surface area contributed by atoms with Crippen molar-refractivity contribution in [2.75, 3.05) is 13.1 Å². The first-order valence-electron chi connectivity index (χ1n) is 6.06. The third-order valence-corrected chi connectivity index (χ3v) is 3.92. The van der Waals surface area contributed by atoms with Gasteiger partial charge in [0, 0.05) is 30.9 Å². The van der Waals surface area contributed by atoms with Gasteiger partial charge in [0.25, 0.3) is 0 Å². The molecule has 0 radical (unpaired) electrons. The van der Waals surface area contributed by atoms with Crippen LogP contribution in [0.4, 0.5) is 0 Å². The Hall–Kier alpha value is -1.36. The van der Waals surface area contributed by atoms with Crippen LogP contribution in [0.25, 0.3) is 11.0 Å². The minimum absolute atomic E-state index is 0.237. The van der Waals surface area contributed by atoms with Crippen molar-refractivity contribution in [1.29, 1.82) is 0 Å². The van der Waals surface area contributed by atoms with Crippen LogP contribution in [-0.2, 0) is 11.3 Å². The molecule has 0 bridgehead atoms. The number of hydrogen-bond donors (Lipinski definition) is 0. The van der Waals surface area contributed by atoms with Crippen LogP contribution < -0.4 is 0 Å². The first-order chi connectivity index (χ1) is 8.74. The van der Waals surface area contributed by atoms with E-state index in [0.29, 0.717) is 11.2 Å². The Morgan fingerprint density at radius 3 is 2.94 bits per heavy atom. The summed E-state index contributed by atoms with van der Waals surface area (Å²) in [6.07, 6.45) is 2.46. The number of amides is 1. The topological polar surface area (TPSA) is 38.1 Å². The normalized spacial score (nSPS) is 19.9. The molecule has 3 rings (SSSR count). The average Bonchev–Trinajstić information content (AvgIpc) is 2.90. The van der Waals surface area contributed by atoms with Crippen molar-refractivity contribution in [2.45, 2.75) is 17.8 Å². The van der Waals surface area contributed by atoms with Gasteiger partial charge < -0.3 is 9.47 Å². The van der Waals surface area contributed by atoms with Gasteiger partial charge in [0.2, 0.25) is 5.91 Å². The fourth-order valence-corrected chi connectivity index (χ4v) is 2.98. The van der Waals surface area contributed by atoms with Crippen LogP contribution in [0.15, 0.2) is 30.6 Å². The third-order valence-electron chi connectivity index (χ3n) is 3.31. The first kappa shape index (κ1) is 11.7. The summed E-state index contributed by atoms with van der Waals surface area (Å²) in [5, 5.41) is 0. The highest BCUT2D eigenvalue weighted by molar-refractivity contribution is 9.09. The SMILES string of the molecule is O=C1CC(Br)CN1CCn1cnc2ccccc21. The molecule has 4 nitrogen and oxygen atoms in total. The second-order valence-electron chi connectivity index (χ2n) is 4.57. The van der Waals surface area contributed by atoms with Gasteiger partial charge in [-0.2, -0.15) is 0 Å². The Balaban J connectivity index is 1.72. The van der Waals surface area contributed by atoms with Gasteiger partial charge in [-0.1, -0.05) is 28.1 Å². The van der Waals surface area contributed by atoms with Gasteiger partial charge >= 0.3 is 0 Å². The number of fused-ring (bicyclic) bond motifs is 1. The quantitative estimate of drug-likeness (QED) is 0.814. The smallest absolute Gasteiger partial charge is 0.223 e. The van der Waals surface area contributed by atoms with Gasteiger partial charge in [-0.05, 0) is 12.1 Å². The van der Waals surface area contributed by atoms with Crippen molar-refractivity contribution in [3.05, 3.63) is 30.6 Å². The summed E-state index contributed by atoms with van der Waals surface area (Å²) in [5.41, 5.74) is 2.13. The van der Waals surface area contributed by atoms with E-state index in [9.17, 15) is 4.79 Å². The Morgan fingerprint density at radius 1 is 1.33 bits per heavy atom. The molecule has 0 aliphatic carbocycles. The molecule has 0 saturated carbocycles. The fourth-order valence-electron chi connectivity index (χ4n) is 2.36. The zero-order valence-corrected chi connectivity index (χ0v) is 11.5. The van der Waals surface area contributed by atoms with E-state index in [-0.39, 0.29) is 5.91 Å². The van der Waals surface area contributed by atoms with Crippen LogP contribution in [0.3, 0.4) is 0 Å². The lowest BCUT2D eigenvalue weighted by Crippen LogP contribution is -2.28. The molecule has 1 aliphatic heterocycles. The summed E-state index contributed by atoms with van der Waals surface area (Å²) >= 11 is 3.50. The van der Waals surface area contributed by atoms with E-state index >= 15 is 0 Å². The van der Waals surface area contributed by atoms with Crippen molar-refractivity contribution in [3.63, 3.8) is 0 Å². The van der Waals surface area contributed by atoms with Crippen LogP contribution in [0, 0.1) is 0 Å². The van der Waals surface area contributed by atoms with Crippen molar-refractivity contribution in [3.8, 4) is 0 Å². The molecule has 1 unspecified atom stereocenters. The third kappa shape index (κ3) is 2.14. The number of nitrogens with zero attached hydrogens (tertiary/aromatic N) is 3. The molecule has 2 aromatic rings. The summed E-state index contributed by atoms with van der Waals surface area (Å²) < 4.78 is 2.10. The zero-order valence-electron chi connectivity index (χ0n) is 9.92. The molecule has 18 heavy (non-hydrogen) atoms. The standard InChI is InChI=1S/C13H14BrN3O/c14-10-7-13(18)16(8-10)5-6-17-9-15-11-3-1-2-4-12(11)17/h1-4,9-10H,5-8H2. The Labute approximate surface area is 114 Å². The molecule has 1 aromatic carbocycles. The van der Waals surface area contributed by atoms with Crippen LogP contribution in [0.1, 0.15) is 6.42 Å². The molecule has 1 atom stereocenters. The maximum absolute atomic E-state index is 11.7. The lowest BCUT2D eigenvalue weighted by molar-refractivity contribution is -0.127. The van der Waals surface area contributed by atoms with E-state index < -0.39 is 0 Å². The van der Waals surface area contributed by atoms with Gasteiger partial charge in [0.1, 0.15) is 0 Å². The lowest BCUT2D eigenvalue weighted by Gasteiger charge is -2.16. The monoisotopic (exact) mass is 307 g/mol. The van der Waals surface area contributed by atoms with Crippen molar-refractivity contribution >= 4 is 32.9 Å². The van der Waals surface area contributed by atoms with E-state index in [4.69, 9.17) is 0 Å². The first-order valence-corrected chi connectivity index (χ1v) is 6.97. The summed E-state index contributed by atoms with van der Waals surface area (Å²) in [6, 6.07) is 8.05. The van der Waals surface area contributed by atoms with Crippen LogP contribution in [0.2, 0.25) is 0 Å². The van der Waals surface area contributed by atoms with Crippen LogP contribution >= 0.6 is 15.9 Å². The Kier molecular flexibility index (Phi) is 3.07. The Bertz CT molecular complexity index is 580. The molecule has 1 fully saturated rings. The van der Waals surface area contributed by atoms with E-state index in [1.807, 2.05) is 29.4 Å². The number of benzene rings is 1. The van der Waals surface area contributed by atoms with Crippen molar-refractivity contribution in [2.24, 2.45) is 0 Å². The number of likely N-dealkylation sites (tertiary alicyclic amines) is 1.